The Morgan fingerprint density at radius 2 is 1.62 bits per heavy atom. The maximum Gasteiger partial charge on any atom is 0.350 e. The number of nitrogens with zero attached hydrogens (tertiary/aromatic N) is 1. The fraction of sp³-hybridized carbons (Fsp3) is 0. The number of amides is 2. The molecule has 9 heteroatoms. The molecule has 0 unspecified atom stereocenters. The summed E-state index contributed by atoms with van der Waals surface area (Å²) in [5, 5.41) is 0.389. The van der Waals surface area contributed by atoms with Crippen molar-refractivity contribution < 1.29 is 14.4 Å². The van der Waals surface area contributed by atoms with E-state index in [1.54, 1.807) is 12.1 Å². The zero-order valence-electron chi connectivity index (χ0n) is 12.0. The van der Waals surface area contributed by atoms with Crippen molar-refractivity contribution in [1.29, 1.82) is 0 Å². The summed E-state index contributed by atoms with van der Waals surface area (Å²) in [7, 11) is 0. The Bertz CT molecular complexity index is 914. The van der Waals surface area contributed by atoms with Crippen LogP contribution in [0.4, 0.5) is 10.5 Å². The van der Waals surface area contributed by atoms with E-state index in [1.807, 2.05) is 5.43 Å². The van der Waals surface area contributed by atoms with Gasteiger partial charge in [0.25, 0.3) is 0 Å². The lowest BCUT2D eigenvalue weighted by molar-refractivity contribution is 0.0979. The Balaban J connectivity index is 2.35. The van der Waals surface area contributed by atoms with Crippen molar-refractivity contribution in [3.05, 3.63) is 62.6 Å². The van der Waals surface area contributed by atoms with Crippen LogP contribution in [0.1, 0.15) is 31.8 Å². The number of carbonyl (C=O) groups excluding carboxylic acids is 3. The Morgan fingerprint density at radius 3 is 2.21 bits per heavy atom. The first-order chi connectivity index (χ1) is 11.4. The summed E-state index contributed by atoms with van der Waals surface area (Å²) in [6, 6.07) is 6.67. The molecule has 0 heterocycles. The van der Waals surface area contributed by atoms with Gasteiger partial charge in [-0.05, 0) is 6.07 Å². The van der Waals surface area contributed by atoms with Crippen molar-refractivity contribution in [2.75, 3.05) is 5.01 Å². The highest BCUT2D eigenvalue weighted by Crippen LogP contribution is 2.41. The molecule has 24 heavy (non-hydrogen) atoms. The zero-order valence-corrected chi connectivity index (χ0v) is 13.5. The van der Waals surface area contributed by atoms with Crippen molar-refractivity contribution in [1.82, 2.24) is 5.43 Å². The van der Waals surface area contributed by atoms with Crippen molar-refractivity contribution >= 4 is 46.5 Å². The summed E-state index contributed by atoms with van der Waals surface area (Å²) in [5.41, 5.74) is 1.99. The van der Waals surface area contributed by atoms with E-state index >= 15 is 0 Å². The molecule has 0 fully saturated rings. The Hall–Kier alpha value is -2.45. The Morgan fingerprint density at radius 1 is 1.04 bits per heavy atom. The molecule has 5 N–H and O–H groups in total. The third-order valence-electron chi connectivity index (χ3n) is 3.67. The van der Waals surface area contributed by atoms with Crippen LogP contribution in [0.2, 0.25) is 10.0 Å². The molecule has 3 rings (SSSR count). The van der Waals surface area contributed by atoms with Crippen LogP contribution in [0.15, 0.2) is 30.3 Å². The first-order valence-electron chi connectivity index (χ1n) is 6.64. The van der Waals surface area contributed by atoms with Crippen LogP contribution < -0.4 is 22.1 Å². The summed E-state index contributed by atoms with van der Waals surface area (Å²) in [6.07, 6.45) is 0. The molecular weight excluding hydrogens is 355 g/mol. The third-order valence-corrected chi connectivity index (χ3v) is 4.44. The van der Waals surface area contributed by atoms with E-state index in [2.05, 4.69) is 0 Å². The van der Waals surface area contributed by atoms with Gasteiger partial charge < -0.3 is 0 Å². The van der Waals surface area contributed by atoms with Gasteiger partial charge in [0.1, 0.15) is 0 Å². The van der Waals surface area contributed by atoms with Crippen LogP contribution in [0, 0.1) is 0 Å². The SMILES string of the molecule is NNC(=O)N(N)c1c(Cl)c(Cl)cc2c1C(=O)c1ccccc1C2=O. The number of nitrogens with one attached hydrogen (secondary N) is 1. The molecule has 1 aliphatic carbocycles. The number of nitrogens with two attached hydrogens (primary N) is 2. The molecule has 0 spiro atoms. The van der Waals surface area contributed by atoms with Crippen LogP contribution >= 0.6 is 23.2 Å². The first-order valence-corrected chi connectivity index (χ1v) is 7.40. The molecule has 0 aromatic heterocycles. The van der Waals surface area contributed by atoms with E-state index in [1.165, 1.54) is 18.2 Å². The van der Waals surface area contributed by atoms with Gasteiger partial charge in [0.2, 0.25) is 0 Å². The van der Waals surface area contributed by atoms with E-state index < -0.39 is 17.6 Å². The second-order valence-electron chi connectivity index (χ2n) is 4.97. The van der Waals surface area contributed by atoms with Crippen molar-refractivity contribution in [2.24, 2.45) is 11.7 Å². The third kappa shape index (κ3) is 2.26. The van der Waals surface area contributed by atoms with Crippen LogP contribution in [-0.4, -0.2) is 17.6 Å². The quantitative estimate of drug-likeness (QED) is 0.346. The van der Waals surface area contributed by atoms with Crippen LogP contribution in [0.3, 0.4) is 0 Å². The number of hydrazine groups is 2. The summed E-state index contributed by atoms with van der Waals surface area (Å²) in [6.45, 7) is 0. The summed E-state index contributed by atoms with van der Waals surface area (Å²) in [4.78, 5) is 37.3. The van der Waals surface area contributed by atoms with E-state index in [0.29, 0.717) is 5.01 Å². The molecule has 0 aliphatic heterocycles. The molecule has 0 radical (unpaired) electrons. The standard InChI is InChI=1S/C15H10Cl2N4O3/c16-9-5-8-10(12(11(9)17)21(19)15(24)20-18)14(23)7-4-2-1-3-6(7)13(8)22/h1-5H,18-19H2,(H,20,24). The summed E-state index contributed by atoms with van der Waals surface area (Å²) in [5.74, 6) is 9.86. The number of anilines is 1. The topological polar surface area (TPSA) is 119 Å². The van der Waals surface area contributed by atoms with Crippen molar-refractivity contribution in [3.8, 4) is 0 Å². The molecule has 2 aromatic rings. The predicted molar refractivity (Wildman–Crippen MR) is 89.2 cm³/mol. The molecule has 7 nitrogen and oxygen atoms in total. The van der Waals surface area contributed by atoms with Gasteiger partial charge in [-0.3, -0.25) is 15.0 Å². The number of carbonyl (C=O) groups is 3. The van der Waals surface area contributed by atoms with Gasteiger partial charge in [-0.2, -0.15) is 0 Å². The fourth-order valence-corrected chi connectivity index (χ4v) is 3.02. The number of benzene rings is 2. The maximum atomic E-state index is 12.9. The van der Waals surface area contributed by atoms with Gasteiger partial charge in [0.15, 0.2) is 11.6 Å². The van der Waals surface area contributed by atoms with Gasteiger partial charge >= 0.3 is 6.03 Å². The highest BCUT2D eigenvalue weighted by atomic mass is 35.5. The van der Waals surface area contributed by atoms with Crippen LogP contribution in [-0.2, 0) is 0 Å². The molecule has 2 amide bonds. The molecular formula is C15H10Cl2N4O3. The highest BCUT2D eigenvalue weighted by Gasteiger charge is 2.35. The number of ketones is 2. The highest BCUT2D eigenvalue weighted by molar-refractivity contribution is 6.46. The summed E-state index contributed by atoms with van der Waals surface area (Å²) < 4.78 is 0. The van der Waals surface area contributed by atoms with Gasteiger partial charge in [0, 0.05) is 16.7 Å². The van der Waals surface area contributed by atoms with Gasteiger partial charge in [-0.25, -0.2) is 21.5 Å². The minimum atomic E-state index is -0.930. The Labute approximate surface area is 146 Å². The summed E-state index contributed by atoms with van der Waals surface area (Å²) >= 11 is 12.2. The van der Waals surface area contributed by atoms with Crippen molar-refractivity contribution in [3.63, 3.8) is 0 Å². The fourth-order valence-electron chi connectivity index (χ4n) is 2.58. The van der Waals surface area contributed by atoms with E-state index in [9.17, 15) is 14.4 Å². The average molecular weight is 365 g/mol. The minimum Gasteiger partial charge on any atom is -0.289 e. The van der Waals surface area contributed by atoms with Gasteiger partial charge in [0.05, 0.1) is 21.3 Å². The molecule has 2 aromatic carbocycles. The largest absolute Gasteiger partial charge is 0.350 e. The number of hydrogen-bond acceptors (Lipinski definition) is 5. The lowest BCUT2D eigenvalue weighted by Crippen LogP contribution is -2.48. The minimum absolute atomic E-state index is 0.0170. The van der Waals surface area contributed by atoms with Crippen LogP contribution in [0.25, 0.3) is 0 Å². The number of rotatable bonds is 1. The normalized spacial score (nSPS) is 12.5. The van der Waals surface area contributed by atoms with Crippen molar-refractivity contribution in [2.45, 2.75) is 0 Å². The predicted octanol–water partition coefficient (Wildman–Crippen LogP) is 2.03. The molecule has 1 aliphatic rings. The van der Waals surface area contributed by atoms with Crippen LogP contribution in [0.5, 0.6) is 0 Å². The zero-order chi connectivity index (χ0) is 17.6. The monoisotopic (exact) mass is 364 g/mol. The first kappa shape index (κ1) is 16.4. The van der Waals surface area contributed by atoms with E-state index in [-0.39, 0.29) is 38.0 Å². The molecule has 0 bridgehead atoms. The lowest BCUT2D eigenvalue weighted by Gasteiger charge is -2.25. The average Bonchev–Trinajstić information content (AvgIpc) is 2.60. The number of urea groups is 1. The number of fused-ring (bicyclic) bond motifs is 2. The Kier molecular flexibility index (Phi) is 4.02. The van der Waals surface area contributed by atoms with Gasteiger partial charge in [-0.15, -0.1) is 0 Å². The number of hydrogen-bond donors (Lipinski definition) is 3. The maximum absolute atomic E-state index is 12.9. The smallest absolute Gasteiger partial charge is 0.289 e. The lowest BCUT2D eigenvalue weighted by atomic mass is 9.83. The van der Waals surface area contributed by atoms with Gasteiger partial charge in [-0.1, -0.05) is 47.5 Å². The molecule has 0 saturated carbocycles. The second-order valence-corrected chi connectivity index (χ2v) is 5.75. The molecule has 0 saturated heterocycles. The van der Waals surface area contributed by atoms with E-state index in [4.69, 9.17) is 34.9 Å². The molecule has 122 valence electrons. The second kappa shape index (κ2) is 5.88. The molecule has 0 atom stereocenters. The number of halogens is 2. The van der Waals surface area contributed by atoms with E-state index in [0.717, 1.165) is 0 Å².